The zero-order valence-corrected chi connectivity index (χ0v) is 15.0. The van der Waals surface area contributed by atoms with Crippen LogP contribution in [-0.2, 0) is 7.05 Å². The molecule has 0 spiro atoms. The van der Waals surface area contributed by atoms with Crippen LogP contribution in [0.3, 0.4) is 0 Å². The number of rotatable bonds is 4. The number of aromatic nitrogens is 2. The van der Waals surface area contributed by atoms with Gasteiger partial charge in [-0.05, 0) is 6.07 Å². The first-order chi connectivity index (χ1) is 10.7. The van der Waals surface area contributed by atoms with Crippen LogP contribution < -0.4 is 5.69 Å². The first-order valence-corrected chi connectivity index (χ1v) is 7.82. The van der Waals surface area contributed by atoms with Crippen molar-refractivity contribution in [3.8, 4) is 0 Å². The van der Waals surface area contributed by atoms with E-state index < -0.39 is 0 Å². The summed E-state index contributed by atoms with van der Waals surface area (Å²) >= 11 is 1.30. The minimum Gasteiger partial charge on any atom is -0.295 e. The van der Waals surface area contributed by atoms with E-state index in [1.54, 1.807) is 19.2 Å². The fraction of sp³-hybridized carbons (Fsp3) is 0.118. The molecule has 118 valence electrons. The minimum atomic E-state index is -0.312. The Morgan fingerprint density at radius 3 is 2.48 bits per heavy atom. The third kappa shape index (κ3) is 3.71. The molecule has 0 N–H and O–H groups in total. The highest BCUT2D eigenvalue weighted by molar-refractivity contribution is 8.93. The summed E-state index contributed by atoms with van der Waals surface area (Å²) in [7, 11) is 1.70. The Kier molecular flexibility index (Phi) is 5.74. The molecule has 3 aromatic rings. The standard InChI is InChI=1S/C17H14N2O2S.BrH/c1-19-14-10-6-5-9-13(14)16(18-17(19)21)22-11-15(20)12-7-3-2-4-8-12;/h2-10H,11H2,1H3;1H. The number of aryl methyl sites for hydroxylation is 1. The smallest absolute Gasteiger partial charge is 0.295 e. The summed E-state index contributed by atoms with van der Waals surface area (Å²) < 4.78 is 1.51. The van der Waals surface area contributed by atoms with Gasteiger partial charge in [0.15, 0.2) is 5.78 Å². The lowest BCUT2D eigenvalue weighted by molar-refractivity contribution is 0.102. The Morgan fingerprint density at radius 1 is 1.09 bits per heavy atom. The lowest BCUT2D eigenvalue weighted by Gasteiger charge is -2.08. The second-order valence-electron chi connectivity index (χ2n) is 4.85. The van der Waals surface area contributed by atoms with E-state index in [1.807, 2.05) is 42.5 Å². The molecular weight excluding hydrogens is 376 g/mol. The van der Waals surface area contributed by atoms with Crippen LogP contribution in [0, 0.1) is 0 Å². The van der Waals surface area contributed by atoms with E-state index in [1.165, 1.54) is 16.3 Å². The van der Waals surface area contributed by atoms with Gasteiger partial charge in [0, 0.05) is 18.0 Å². The van der Waals surface area contributed by atoms with Crippen LogP contribution in [0.5, 0.6) is 0 Å². The number of thioether (sulfide) groups is 1. The van der Waals surface area contributed by atoms with E-state index >= 15 is 0 Å². The molecule has 0 atom stereocenters. The lowest BCUT2D eigenvalue weighted by atomic mass is 10.2. The average molecular weight is 391 g/mol. The predicted molar refractivity (Wildman–Crippen MR) is 98.8 cm³/mol. The predicted octanol–water partition coefficient (Wildman–Crippen LogP) is 3.49. The molecule has 0 aliphatic carbocycles. The van der Waals surface area contributed by atoms with Gasteiger partial charge in [-0.3, -0.25) is 9.36 Å². The van der Waals surface area contributed by atoms with Gasteiger partial charge in [0.1, 0.15) is 5.03 Å². The van der Waals surface area contributed by atoms with E-state index in [4.69, 9.17) is 0 Å². The van der Waals surface area contributed by atoms with Crippen LogP contribution in [0.1, 0.15) is 10.4 Å². The third-order valence-corrected chi connectivity index (χ3v) is 4.41. The van der Waals surface area contributed by atoms with Gasteiger partial charge < -0.3 is 0 Å². The quantitative estimate of drug-likeness (QED) is 0.388. The maximum Gasteiger partial charge on any atom is 0.348 e. The molecule has 0 saturated carbocycles. The molecule has 23 heavy (non-hydrogen) atoms. The van der Waals surface area contributed by atoms with Crippen molar-refractivity contribution in [2.45, 2.75) is 5.03 Å². The second kappa shape index (κ2) is 7.57. The number of halogens is 1. The van der Waals surface area contributed by atoms with Gasteiger partial charge in [-0.15, -0.1) is 17.0 Å². The van der Waals surface area contributed by atoms with Gasteiger partial charge in [-0.1, -0.05) is 60.3 Å². The molecule has 0 amide bonds. The van der Waals surface area contributed by atoms with E-state index in [-0.39, 0.29) is 34.2 Å². The summed E-state index contributed by atoms with van der Waals surface area (Å²) in [4.78, 5) is 28.2. The van der Waals surface area contributed by atoms with Gasteiger partial charge in [-0.2, -0.15) is 4.98 Å². The number of ketones is 1. The Balaban J connectivity index is 0.00000192. The number of carbonyl (C=O) groups is 1. The van der Waals surface area contributed by atoms with Crippen LogP contribution >= 0.6 is 28.7 Å². The Morgan fingerprint density at radius 2 is 1.74 bits per heavy atom. The fourth-order valence-electron chi connectivity index (χ4n) is 2.22. The topological polar surface area (TPSA) is 52.0 Å². The maximum atomic E-state index is 12.2. The molecule has 0 radical (unpaired) electrons. The molecule has 1 heterocycles. The molecule has 0 aliphatic rings. The van der Waals surface area contributed by atoms with Crippen molar-refractivity contribution >= 4 is 45.4 Å². The monoisotopic (exact) mass is 390 g/mol. The normalized spacial score (nSPS) is 10.3. The third-order valence-electron chi connectivity index (χ3n) is 3.42. The molecule has 6 heteroatoms. The Labute approximate surface area is 148 Å². The second-order valence-corrected chi connectivity index (χ2v) is 5.82. The van der Waals surface area contributed by atoms with Crippen molar-refractivity contribution in [3.05, 3.63) is 70.6 Å². The first-order valence-electron chi connectivity index (χ1n) is 6.83. The highest BCUT2D eigenvalue weighted by atomic mass is 79.9. The van der Waals surface area contributed by atoms with Crippen LogP contribution in [-0.4, -0.2) is 21.1 Å². The largest absolute Gasteiger partial charge is 0.348 e. The summed E-state index contributed by atoms with van der Waals surface area (Å²) in [5.41, 5.74) is 1.17. The van der Waals surface area contributed by atoms with Crippen LogP contribution in [0.4, 0.5) is 0 Å². The van der Waals surface area contributed by atoms with Crippen LogP contribution in [0.25, 0.3) is 10.9 Å². The zero-order valence-electron chi connectivity index (χ0n) is 12.4. The number of Topliss-reactive ketones (excluding diaryl/α,β-unsaturated/α-hetero) is 1. The Hall–Kier alpha value is -1.92. The molecule has 3 rings (SSSR count). The van der Waals surface area contributed by atoms with Crippen molar-refractivity contribution in [1.82, 2.24) is 9.55 Å². The number of hydrogen-bond donors (Lipinski definition) is 0. The molecule has 0 fully saturated rings. The summed E-state index contributed by atoms with van der Waals surface area (Å²) in [5.74, 6) is 0.283. The van der Waals surface area contributed by atoms with Gasteiger partial charge in [-0.25, -0.2) is 4.79 Å². The molecule has 0 saturated heterocycles. The van der Waals surface area contributed by atoms with Crippen molar-refractivity contribution < 1.29 is 4.79 Å². The maximum absolute atomic E-state index is 12.2. The number of benzene rings is 2. The van der Waals surface area contributed by atoms with Crippen molar-refractivity contribution in [2.75, 3.05) is 5.75 Å². The number of para-hydroxylation sites is 1. The van der Waals surface area contributed by atoms with E-state index in [0.29, 0.717) is 10.6 Å². The van der Waals surface area contributed by atoms with E-state index in [2.05, 4.69) is 4.98 Å². The number of nitrogens with zero attached hydrogens (tertiary/aromatic N) is 2. The summed E-state index contributed by atoms with van der Waals surface area (Å²) in [6.07, 6.45) is 0. The zero-order chi connectivity index (χ0) is 15.5. The number of fused-ring (bicyclic) bond motifs is 1. The molecule has 2 aromatic carbocycles. The van der Waals surface area contributed by atoms with Gasteiger partial charge in [0.2, 0.25) is 0 Å². The highest BCUT2D eigenvalue weighted by Crippen LogP contribution is 2.24. The fourth-order valence-corrected chi connectivity index (χ4v) is 3.13. The van der Waals surface area contributed by atoms with Crippen molar-refractivity contribution in [2.24, 2.45) is 7.05 Å². The molecule has 0 aliphatic heterocycles. The lowest BCUT2D eigenvalue weighted by Crippen LogP contribution is -2.21. The van der Waals surface area contributed by atoms with Crippen molar-refractivity contribution in [1.29, 1.82) is 0 Å². The first kappa shape index (κ1) is 17.4. The molecule has 0 unspecified atom stereocenters. The summed E-state index contributed by atoms with van der Waals surface area (Å²) in [6, 6.07) is 16.7. The van der Waals surface area contributed by atoms with Crippen LogP contribution in [0.2, 0.25) is 0 Å². The van der Waals surface area contributed by atoms with Gasteiger partial charge in [0.05, 0.1) is 11.3 Å². The highest BCUT2D eigenvalue weighted by Gasteiger charge is 2.11. The summed E-state index contributed by atoms with van der Waals surface area (Å²) in [5, 5.41) is 1.48. The molecule has 4 nitrogen and oxygen atoms in total. The van der Waals surface area contributed by atoms with E-state index in [9.17, 15) is 9.59 Å². The van der Waals surface area contributed by atoms with Crippen LogP contribution in [0.15, 0.2) is 64.4 Å². The van der Waals surface area contributed by atoms with Gasteiger partial charge >= 0.3 is 5.69 Å². The number of carbonyl (C=O) groups excluding carboxylic acids is 1. The molecule has 0 bridgehead atoms. The molecular formula is C17H15BrN2O2S. The molecule has 1 aromatic heterocycles. The Bertz CT molecular complexity index is 894. The van der Waals surface area contributed by atoms with Crippen molar-refractivity contribution in [3.63, 3.8) is 0 Å². The summed E-state index contributed by atoms with van der Waals surface area (Å²) in [6.45, 7) is 0. The number of hydrogen-bond acceptors (Lipinski definition) is 4. The average Bonchev–Trinajstić information content (AvgIpc) is 2.57. The van der Waals surface area contributed by atoms with Gasteiger partial charge in [0.25, 0.3) is 0 Å². The SMILES string of the molecule is Br.Cn1c(=O)nc(SCC(=O)c2ccccc2)c2ccccc21. The minimum absolute atomic E-state index is 0. The van der Waals surface area contributed by atoms with E-state index in [0.717, 1.165) is 10.9 Å².